The maximum Gasteiger partial charge on any atom is 0.138 e. The van der Waals surface area contributed by atoms with E-state index in [1.54, 1.807) is 17.7 Å². The summed E-state index contributed by atoms with van der Waals surface area (Å²) in [6.45, 7) is 5.98. The molecule has 0 aliphatic carbocycles. The first-order chi connectivity index (χ1) is 11.3. The smallest absolute Gasteiger partial charge is 0.138 e. The topological polar surface area (TPSA) is 53.9 Å². The highest BCUT2D eigenvalue weighted by atomic mass is 32.1. The van der Waals surface area contributed by atoms with Crippen molar-refractivity contribution in [3.63, 3.8) is 0 Å². The summed E-state index contributed by atoms with van der Waals surface area (Å²) in [6, 6.07) is 4.14. The van der Waals surface area contributed by atoms with E-state index in [2.05, 4.69) is 38.2 Å². The number of hydrogen-bond donors (Lipinski definition) is 1. The van der Waals surface area contributed by atoms with Gasteiger partial charge in [0.25, 0.3) is 0 Å². The Labute approximate surface area is 139 Å². The largest absolute Gasteiger partial charge is 0.370 e. The SMILES string of the molecule is CCNc1ncnc2sc3c(c12)CCN(Cc1cccnc1)C3. The summed E-state index contributed by atoms with van der Waals surface area (Å²) in [5.41, 5.74) is 2.70. The van der Waals surface area contributed by atoms with Crippen LogP contribution in [0.2, 0.25) is 0 Å². The second-order valence-corrected chi connectivity index (χ2v) is 6.84. The van der Waals surface area contributed by atoms with Crippen molar-refractivity contribution in [1.29, 1.82) is 0 Å². The number of aromatic nitrogens is 3. The van der Waals surface area contributed by atoms with Crippen LogP contribution in [0.25, 0.3) is 10.2 Å². The van der Waals surface area contributed by atoms with Gasteiger partial charge < -0.3 is 5.32 Å². The van der Waals surface area contributed by atoms with Gasteiger partial charge >= 0.3 is 0 Å². The van der Waals surface area contributed by atoms with Crippen LogP contribution in [-0.4, -0.2) is 32.9 Å². The molecular weight excluding hydrogens is 306 g/mol. The molecule has 0 aromatic carbocycles. The van der Waals surface area contributed by atoms with E-state index in [4.69, 9.17) is 0 Å². The van der Waals surface area contributed by atoms with Crippen LogP contribution in [0.1, 0.15) is 22.9 Å². The lowest BCUT2D eigenvalue weighted by Crippen LogP contribution is -2.29. The molecule has 0 radical (unpaired) electrons. The number of hydrogen-bond acceptors (Lipinski definition) is 6. The Morgan fingerprint density at radius 2 is 2.30 bits per heavy atom. The fourth-order valence-electron chi connectivity index (χ4n) is 3.17. The Balaban J connectivity index is 1.63. The van der Waals surface area contributed by atoms with E-state index in [1.807, 2.05) is 18.5 Å². The molecule has 3 aromatic rings. The van der Waals surface area contributed by atoms with Gasteiger partial charge in [-0.25, -0.2) is 9.97 Å². The van der Waals surface area contributed by atoms with E-state index in [0.29, 0.717) is 0 Å². The number of nitrogens with one attached hydrogen (secondary N) is 1. The van der Waals surface area contributed by atoms with Crippen molar-refractivity contribution >= 4 is 27.4 Å². The van der Waals surface area contributed by atoms with Crippen LogP contribution >= 0.6 is 11.3 Å². The second kappa shape index (κ2) is 6.22. The molecular formula is C17H19N5S. The van der Waals surface area contributed by atoms with Crippen molar-refractivity contribution < 1.29 is 0 Å². The van der Waals surface area contributed by atoms with Crippen LogP contribution in [0, 0.1) is 0 Å². The zero-order valence-corrected chi connectivity index (χ0v) is 13.9. The summed E-state index contributed by atoms with van der Waals surface area (Å²) in [7, 11) is 0. The van der Waals surface area contributed by atoms with Crippen molar-refractivity contribution in [2.24, 2.45) is 0 Å². The van der Waals surface area contributed by atoms with E-state index >= 15 is 0 Å². The molecule has 0 atom stereocenters. The molecule has 1 aliphatic rings. The fourth-order valence-corrected chi connectivity index (χ4v) is 4.40. The number of pyridine rings is 1. The summed E-state index contributed by atoms with van der Waals surface area (Å²) < 4.78 is 0. The zero-order valence-electron chi connectivity index (χ0n) is 13.1. The first-order valence-electron chi connectivity index (χ1n) is 7.95. The second-order valence-electron chi connectivity index (χ2n) is 5.76. The highest BCUT2D eigenvalue weighted by Gasteiger charge is 2.23. The van der Waals surface area contributed by atoms with E-state index in [9.17, 15) is 0 Å². The monoisotopic (exact) mass is 325 g/mol. The van der Waals surface area contributed by atoms with E-state index in [-0.39, 0.29) is 0 Å². The van der Waals surface area contributed by atoms with Crippen molar-refractivity contribution in [2.45, 2.75) is 26.4 Å². The van der Waals surface area contributed by atoms with E-state index in [1.165, 1.54) is 21.4 Å². The zero-order chi connectivity index (χ0) is 15.6. The van der Waals surface area contributed by atoms with Crippen LogP contribution in [0.4, 0.5) is 5.82 Å². The average molecular weight is 325 g/mol. The number of thiophene rings is 1. The fraction of sp³-hybridized carbons (Fsp3) is 0.353. The van der Waals surface area contributed by atoms with E-state index < -0.39 is 0 Å². The van der Waals surface area contributed by atoms with Gasteiger partial charge in [0, 0.05) is 43.4 Å². The maximum atomic E-state index is 4.48. The van der Waals surface area contributed by atoms with Gasteiger partial charge in [0.1, 0.15) is 17.0 Å². The van der Waals surface area contributed by atoms with Gasteiger partial charge in [-0.2, -0.15) is 0 Å². The molecule has 0 spiro atoms. The van der Waals surface area contributed by atoms with Crippen LogP contribution in [-0.2, 0) is 19.5 Å². The Kier molecular flexibility index (Phi) is 3.93. The van der Waals surface area contributed by atoms with Crippen molar-refractivity contribution in [3.05, 3.63) is 46.9 Å². The van der Waals surface area contributed by atoms with Gasteiger partial charge in [-0.1, -0.05) is 6.07 Å². The molecule has 4 rings (SSSR count). The highest BCUT2D eigenvalue weighted by Crippen LogP contribution is 2.37. The van der Waals surface area contributed by atoms with Gasteiger partial charge in [0.15, 0.2) is 0 Å². The van der Waals surface area contributed by atoms with Gasteiger partial charge in [-0.15, -0.1) is 11.3 Å². The molecule has 0 saturated carbocycles. The molecule has 0 saturated heterocycles. The summed E-state index contributed by atoms with van der Waals surface area (Å²) in [5, 5.41) is 4.60. The molecule has 1 N–H and O–H groups in total. The lowest BCUT2D eigenvalue weighted by Gasteiger charge is -2.26. The average Bonchev–Trinajstić information content (AvgIpc) is 2.94. The molecule has 0 unspecified atom stereocenters. The summed E-state index contributed by atoms with van der Waals surface area (Å²) >= 11 is 1.81. The Morgan fingerprint density at radius 1 is 1.35 bits per heavy atom. The number of fused-ring (bicyclic) bond motifs is 3. The first kappa shape index (κ1) is 14.5. The molecule has 0 amide bonds. The van der Waals surface area contributed by atoms with Crippen molar-refractivity contribution in [3.8, 4) is 0 Å². The molecule has 118 valence electrons. The Hall–Kier alpha value is -2.05. The number of nitrogens with zero attached hydrogens (tertiary/aromatic N) is 4. The molecule has 5 nitrogen and oxygen atoms in total. The molecule has 0 fully saturated rings. The van der Waals surface area contributed by atoms with Crippen LogP contribution < -0.4 is 5.32 Å². The lowest BCUT2D eigenvalue weighted by atomic mass is 10.0. The standard InChI is InChI=1S/C17H19N5S/c1-2-19-16-15-13-5-7-22(9-12-4-3-6-18-8-12)10-14(13)23-17(15)21-11-20-16/h3-4,6,8,11H,2,5,7,9-10H2,1H3,(H,19,20,21). The summed E-state index contributed by atoms with van der Waals surface area (Å²) in [5.74, 6) is 0.982. The Morgan fingerprint density at radius 3 is 3.13 bits per heavy atom. The molecule has 6 heteroatoms. The normalized spacial score (nSPS) is 14.8. The quantitative estimate of drug-likeness (QED) is 0.799. The summed E-state index contributed by atoms with van der Waals surface area (Å²) in [6.07, 6.45) is 6.50. The van der Waals surface area contributed by atoms with Gasteiger partial charge in [0.05, 0.1) is 5.39 Å². The third kappa shape index (κ3) is 2.80. The van der Waals surface area contributed by atoms with Crippen LogP contribution in [0.3, 0.4) is 0 Å². The maximum absolute atomic E-state index is 4.48. The van der Waals surface area contributed by atoms with Crippen molar-refractivity contribution in [2.75, 3.05) is 18.4 Å². The van der Waals surface area contributed by atoms with Gasteiger partial charge in [-0.05, 0) is 30.5 Å². The first-order valence-corrected chi connectivity index (χ1v) is 8.77. The van der Waals surface area contributed by atoms with Gasteiger partial charge in [0.2, 0.25) is 0 Å². The minimum absolute atomic E-state index is 0.879. The minimum atomic E-state index is 0.879. The number of rotatable bonds is 4. The third-order valence-electron chi connectivity index (χ3n) is 4.19. The minimum Gasteiger partial charge on any atom is -0.370 e. The summed E-state index contributed by atoms with van der Waals surface area (Å²) in [4.78, 5) is 18.1. The number of anilines is 1. The van der Waals surface area contributed by atoms with Crippen LogP contribution in [0.5, 0.6) is 0 Å². The highest BCUT2D eigenvalue weighted by molar-refractivity contribution is 7.18. The Bertz CT molecular complexity index is 814. The predicted octanol–water partition coefficient (Wildman–Crippen LogP) is 3.08. The van der Waals surface area contributed by atoms with Gasteiger partial charge in [-0.3, -0.25) is 9.88 Å². The molecule has 23 heavy (non-hydrogen) atoms. The molecule has 1 aliphatic heterocycles. The van der Waals surface area contributed by atoms with E-state index in [0.717, 1.165) is 43.2 Å². The lowest BCUT2D eigenvalue weighted by molar-refractivity contribution is 0.249. The third-order valence-corrected chi connectivity index (χ3v) is 5.31. The molecule has 3 aromatic heterocycles. The molecule has 0 bridgehead atoms. The van der Waals surface area contributed by atoms with Crippen molar-refractivity contribution in [1.82, 2.24) is 19.9 Å². The van der Waals surface area contributed by atoms with Crippen LogP contribution in [0.15, 0.2) is 30.9 Å². The predicted molar refractivity (Wildman–Crippen MR) is 93.6 cm³/mol. The molecule has 4 heterocycles.